The molecule has 0 aliphatic carbocycles. The lowest BCUT2D eigenvalue weighted by Gasteiger charge is -2.10. The van der Waals surface area contributed by atoms with Gasteiger partial charge < -0.3 is 4.74 Å². The van der Waals surface area contributed by atoms with Gasteiger partial charge in [0.25, 0.3) is 0 Å². The first kappa shape index (κ1) is 11.2. The molecule has 0 heterocycles. The lowest BCUT2D eigenvalue weighted by atomic mass is 10.1. The largest absolute Gasteiger partial charge is 0.381 e. The summed E-state index contributed by atoms with van der Waals surface area (Å²) >= 11 is 5.72. The summed E-state index contributed by atoms with van der Waals surface area (Å²) in [5.41, 5.74) is 0. The molecule has 0 spiro atoms. The Kier molecular flexibility index (Phi) is 8.54. The van der Waals surface area contributed by atoms with Gasteiger partial charge in [0.15, 0.2) is 0 Å². The van der Waals surface area contributed by atoms with Gasteiger partial charge in [-0.15, -0.1) is 11.6 Å². The summed E-state index contributed by atoms with van der Waals surface area (Å²) in [7, 11) is 0. The molecule has 0 aromatic carbocycles. The van der Waals surface area contributed by atoms with E-state index >= 15 is 0 Å². The normalized spacial score (nSPS) is 13.4. The van der Waals surface area contributed by atoms with Crippen molar-refractivity contribution in [3.05, 3.63) is 0 Å². The average Bonchev–Trinajstić information content (AvgIpc) is 2.05. The third-order valence-corrected chi connectivity index (χ3v) is 2.25. The minimum atomic E-state index is 0.647. The van der Waals surface area contributed by atoms with Crippen molar-refractivity contribution >= 4 is 11.6 Å². The van der Waals surface area contributed by atoms with Gasteiger partial charge >= 0.3 is 0 Å². The van der Waals surface area contributed by atoms with Crippen molar-refractivity contribution in [2.75, 3.05) is 19.1 Å². The molecule has 0 bridgehead atoms. The fourth-order valence-electron chi connectivity index (χ4n) is 0.887. The third-order valence-electron chi connectivity index (χ3n) is 1.81. The number of halogens is 1. The van der Waals surface area contributed by atoms with Crippen LogP contribution in [0, 0.1) is 5.92 Å². The van der Waals surface area contributed by atoms with Crippen molar-refractivity contribution in [2.45, 2.75) is 33.1 Å². The minimum Gasteiger partial charge on any atom is -0.381 e. The van der Waals surface area contributed by atoms with Crippen LogP contribution in [-0.2, 0) is 4.74 Å². The van der Waals surface area contributed by atoms with Gasteiger partial charge in [0, 0.05) is 19.1 Å². The van der Waals surface area contributed by atoms with Gasteiger partial charge in [-0.1, -0.05) is 20.3 Å². The maximum Gasteiger partial charge on any atom is 0.0469 e. The van der Waals surface area contributed by atoms with E-state index in [-0.39, 0.29) is 0 Å². The Balaban J connectivity index is 3.07. The highest BCUT2D eigenvalue weighted by molar-refractivity contribution is 6.18. The molecular formula is C9H19ClO. The lowest BCUT2D eigenvalue weighted by molar-refractivity contribution is 0.122. The van der Waals surface area contributed by atoms with Gasteiger partial charge in [0.05, 0.1) is 0 Å². The summed E-state index contributed by atoms with van der Waals surface area (Å²) in [6.07, 6.45) is 3.39. The second-order valence-electron chi connectivity index (χ2n) is 2.83. The molecule has 0 fully saturated rings. The number of rotatable bonds is 7. The molecule has 0 saturated heterocycles. The van der Waals surface area contributed by atoms with E-state index in [1.807, 2.05) is 0 Å². The molecule has 0 aliphatic heterocycles. The zero-order valence-corrected chi connectivity index (χ0v) is 8.36. The van der Waals surface area contributed by atoms with Crippen molar-refractivity contribution in [2.24, 2.45) is 5.92 Å². The topological polar surface area (TPSA) is 9.23 Å². The predicted octanol–water partition coefficient (Wildman–Crippen LogP) is 3.07. The molecule has 0 rings (SSSR count). The summed E-state index contributed by atoms with van der Waals surface area (Å²) in [4.78, 5) is 0. The standard InChI is InChI=1S/C9H19ClO/c1-3-6-11-7-5-9(4-2)8-10/h9H,3-8H2,1-2H3. The summed E-state index contributed by atoms with van der Waals surface area (Å²) in [5.74, 6) is 1.42. The Labute approximate surface area is 75.1 Å². The van der Waals surface area contributed by atoms with Crippen molar-refractivity contribution < 1.29 is 4.74 Å². The molecule has 0 amide bonds. The van der Waals surface area contributed by atoms with E-state index < -0.39 is 0 Å². The molecule has 0 radical (unpaired) electrons. The van der Waals surface area contributed by atoms with E-state index in [1.165, 1.54) is 6.42 Å². The van der Waals surface area contributed by atoms with Gasteiger partial charge in [-0.25, -0.2) is 0 Å². The Hall–Kier alpha value is 0.250. The molecule has 0 aromatic heterocycles. The van der Waals surface area contributed by atoms with Crippen LogP contribution in [0.4, 0.5) is 0 Å². The molecule has 1 nitrogen and oxygen atoms in total. The van der Waals surface area contributed by atoms with Crippen LogP contribution in [0.1, 0.15) is 33.1 Å². The van der Waals surface area contributed by atoms with Crippen molar-refractivity contribution in [1.82, 2.24) is 0 Å². The quantitative estimate of drug-likeness (QED) is 0.430. The van der Waals surface area contributed by atoms with Gasteiger partial charge in [0.2, 0.25) is 0 Å². The Bertz CT molecular complexity index is 72.0. The highest BCUT2D eigenvalue weighted by Crippen LogP contribution is 2.09. The molecular weight excluding hydrogens is 160 g/mol. The number of alkyl halides is 1. The van der Waals surface area contributed by atoms with Crippen LogP contribution in [0.5, 0.6) is 0 Å². The highest BCUT2D eigenvalue weighted by atomic mass is 35.5. The molecule has 1 atom stereocenters. The molecule has 68 valence electrons. The van der Waals surface area contributed by atoms with E-state index in [0.29, 0.717) is 5.92 Å². The van der Waals surface area contributed by atoms with Crippen LogP contribution in [0.3, 0.4) is 0 Å². The summed E-state index contributed by atoms with van der Waals surface area (Å²) in [6.45, 7) is 6.06. The number of ether oxygens (including phenoxy) is 1. The second-order valence-corrected chi connectivity index (χ2v) is 3.14. The maximum absolute atomic E-state index is 5.72. The molecule has 2 heteroatoms. The highest BCUT2D eigenvalue weighted by Gasteiger charge is 2.02. The van der Waals surface area contributed by atoms with E-state index in [0.717, 1.165) is 31.9 Å². The molecule has 0 aliphatic rings. The fraction of sp³-hybridized carbons (Fsp3) is 1.00. The van der Waals surface area contributed by atoms with Crippen molar-refractivity contribution in [1.29, 1.82) is 0 Å². The zero-order valence-electron chi connectivity index (χ0n) is 7.61. The molecule has 1 unspecified atom stereocenters. The first-order chi connectivity index (χ1) is 5.35. The van der Waals surface area contributed by atoms with Crippen LogP contribution < -0.4 is 0 Å². The summed E-state index contributed by atoms with van der Waals surface area (Å²) in [5, 5.41) is 0. The first-order valence-corrected chi connectivity index (χ1v) is 5.02. The smallest absolute Gasteiger partial charge is 0.0469 e. The van der Waals surface area contributed by atoms with E-state index in [1.54, 1.807) is 0 Å². The monoisotopic (exact) mass is 178 g/mol. The van der Waals surface area contributed by atoms with E-state index in [4.69, 9.17) is 16.3 Å². The third kappa shape index (κ3) is 6.64. The zero-order chi connectivity index (χ0) is 8.53. The molecule has 11 heavy (non-hydrogen) atoms. The molecule has 0 saturated carbocycles. The number of hydrogen-bond acceptors (Lipinski definition) is 1. The van der Waals surface area contributed by atoms with Crippen LogP contribution in [0.25, 0.3) is 0 Å². The maximum atomic E-state index is 5.72. The minimum absolute atomic E-state index is 0.647. The average molecular weight is 179 g/mol. The van der Waals surface area contributed by atoms with Gasteiger partial charge in [-0.3, -0.25) is 0 Å². The van der Waals surface area contributed by atoms with Crippen molar-refractivity contribution in [3.8, 4) is 0 Å². The Morgan fingerprint density at radius 1 is 1.27 bits per heavy atom. The summed E-state index contributed by atoms with van der Waals surface area (Å²) in [6, 6.07) is 0. The lowest BCUT2D eigenvalue weighted by Crippen LogP contribution is -2.06. The van der Waals surface area contributed by atoms with Crippen molar-refractivity contribution in [3.63, 3.8) is 0 Å². The fourth-order valence-corrected chi connectivity index (χ4v) is 1.26. The van der Waals surface area contributed by atoms with Gasteiger partial charge in [-0.2, -0.15) is 0 Å². The van der Waals surface area contributed by atoms with E-state index in [2.05, 4.69) is 13.8 Å². The Morgan fingerprint density at radius 3 is 2.45 bits per heavy atom. The SMILES string of the molecule is CCCOCCC(CC)CCl. The van der Waals surface area contributed by atoms with Crippen LogP contribution in [-0.4, -0.2) is 19.1 Å². The van der Waals surface area contributed by atoms with Crippen LogP contribution in [0.2, 0.25) is 0 Å². The second kappa shape index (κ2) is 8.35. The number of hydrogen-bond donors (Lipinski definition) is 0. The van der Waals surface area contributed by atoms with E-state index in [9.17, 15) is 0 Å². The van der Waals surface area contributed by atoms with Crippen LogP contribution >= 0.6 is 11.6 Å². The van der Waals surface area contributed by atoms with Gasteiger partial charge in [0.1, 0.15) is 0 Å². The summed E-state index contributed by atoms with van der Waals surface area (Å²) < 4.78 is 5.36. The first-order valence-electron chi connectivity index (χ1n) is 4.48. The van der Waals surface area contributed by atoms with Gasteiger partial charge in [-0.05, 0) is 18.8 Å². The molecule has 0 N–H and O–H groups in total. The molecule has 0 aromatic rings. The predicted molar refractivity (Wildman–Crippen MR) is 50.2 cm³/mol. The Morgan fingerprint density at radius 2 is 2.00 bits per heavy atom. The van der Waals surface area contributed by atoms with Crippen LogP contribution in [0.15, 0.2) is 0 Å².